The molecule has 0 radical (unpaired) electrons. The van der Waals surface area contributed by atoms with E-state index in [0.29, 0.717) is 0 Å². The van der Waals surface area contributed by atoms with Gasteiger partial charge < -0.3 is 0 Å². The Kier molecular flexibility index (Phi) is 4.39. The van der Waals surface area contributed by atoms with Crippen LogP contribution < -0.4 is 15.9 Å². The minimum atomic E-state index is -0.673. The third-order valence-corrected chi connectivity index (χ3v) is 7.59. The van der Waals surface area contributed by atoms with Gasteiger partial charge in [-0.3, -0.25) is 0 Å². The molecule has 1 nitrogen and oxygen atoms in total. The lowest BCUT2D eigenvalue weighted by molar-refractivity contribution is 1.43. The normalized spacial score (nSPS) is 11.4. The summed E-state index contributed by atoms with van der Waals surface area (Å²) >= 11 is 0. The third kappa shape index (κ3) is 2.99. The van der Waals surface area contributed by atoms with Gasteiger partial charge in [0.25, 0.3) is 0 Å². The van der Waals surface area contributed by atoms with Crippen LogP contribution in [0.25, 0.3) is 21.8 Å². The molecule has 5 aromatic rings. The second kappa shape index (κ2) is 7.19. The summed E-state index contributed by atoms with van der Waals surface area (Å²) in [5.41, 5.74) is 3.43. The van der Waals surface area contributed by atoms with Gasteiger partial charge in [0, 0.05) is 16.1 Å². The van der Waals surface area contributed by atoms with E-state index in [1.165, 1.54) is 32.2 Å². The maximum Gasteiger partial charge on any atom is 0.0793 e. The fourth-order valence-corrected chi connectivity index (χ4v) is 6.20. The van der Waals surface area contributed by atoms with Gasteiger partial charge in [-0.1, -0.05) is 97.1 Å². The van der Waals surface area contributed by atoms with Crippen LogP contribution in [0.1, 0.15) is 5.56 Å². The maximum atomic E-state index is 5.17. The number of hydrogen-bond acceptors (Lipinski definition) is 1. The van der Waals surface area contributed by atoms with Gasteiger partial charge in [0.05, 0.1) is 11.0 Å². The van der Waals surface area contributed by atoms with Gasteiger partial charge in [0.2, 0.25) is 0 Å². The van der Waals surface area contributed by atoms with Crippen molar-refractivity contribution >= 4 is 45.6 Å². The Balaban J connectivity index is 1.83. The molecule has 0 aliphatic heterocycles. The molecule has 0 amide bonds. The van der Waals surface area contributed by atoms with Crippen LogP contribution in [0.3, 0.4) is 0 Å². The third-order valence-electron chi connectivity index (χ3n) is 5.12. The molecule has 134 valence electrons. The number of hydrogen-bond donors (Lipinski definition) is 0. The van der Waals surface area contributed by atoms with Gasteiger partial charge in [0.15, 0.2) is 0 Å². The molecule has 1 heterocycles. The highest BCUT2D eigenvalue weighted by Crippen LogP contribution is 2.35. The summed E-state index contributed by atoms with van der Waals surface area (Å²) in [6, 6.07) is 36.9. The van der Waals surface area contributed by atoms with Crippen molar-refractivity contribution in [2.45, 2.75) is 6.92 Å². The summed E-state index contributed by atoms with van der Waals surface area (Å²) in [6.45, 7) is 2.14. The molecule has 5 rings (SSSR count). The highest BCUT2D eigenvalue weighted by atomic mass is 31.1. The van der Waals surface area contributed by atoms with Gasteiger partial charge >= 0.3 is 0 Å². The second-order valence-corrected chi connectivity index (χ2v) is 9.18. The Labute approximate surface area is 166 Å². The van der Waals surface area contributed by atoms with E-state index in [0.717, 1.165) is 11.0 Å². The topological polar surface area (TPSA) is 12.9 Å². The largest absolute Gasteiger partial charge is 0.247 e. The minimum Gasteiger partial charge on any atom is -0.247 e. The second-order valence-electron chi connectivity index (χ2n) is 6.99. The molecular formula is C26H20NP. The zero-order chi connectivity index (χ0) is 18.9. The molecule has 0 unspecified atom stereocenters. The molecule has 0 spiro atoms. The Morgan fingerprint density at radius 3 is 1.79 bits per heavy atom. The molecule has 0 N–H and O–H groups in total. The SMILES string of the molecule is Cc1cccc2cc3cccc(P(c4ccccc4)c4ccccc4)c3nc12. The zero-order valence-corrected chi connectivity index (χ0v) is 16.6. The maximum absolute atomic E-state index is 5.17. The predicted octanol–water partition coefficient (Wildman–Crippen LogP) is 5.45. The Morgan fingerprint density at radius 2 is 1.14 bits per heavy atom. The van der Waals surface area contributed by atoms with Crippen LogP contribution >= 0.6 is 7.92 Å². The van der Waals surface area contributed by atoms with E-state index < -0.39 is 7.92 Å². The number of benzene rings is 4. The number of pyridine rings is 1. The van der Waals surface area contributed by atoms with E-state index in [2.05, 4.69) is 110 Å². The fraction of sp³-hybridized carbons (Fsp3) is 0.0385. The molecule has 0 aliphatic rings. The zero-order valence-electron chi connectivity index (χ0n) is 15.7. The van der Waals surface area contributed by atoms with Crippen LogP contribution in [-0.4, -0.2) is 4.98 Å². The molecule has 2 heteroatoms. The van der Waals surface area contributed by atoms with Crippen molar-refractivity contribution in [3.8, 4) is 0 Å². The summed E-state index contributed by atoms with van der Waals surface area (Å²) in [7, 11) is -0.673. The molecule has 0 saturated heterocycles. The average molecular weight is 377 g/mol. The quantitative estimate of drug-likeness (QED) is 0.301. The summed E-state index contributed by atoms with van der Waals surface area (Å²) < 4.78 is 0. The van der Waals surface area contributed by atoms with E-state index in [1.54, 1.807) is 0 Å². The average Bonchev–Trinajstić information content (AvgIpc) is 2.75. The van der Waals surface area contributed by atoms with Crippen molar-refractivity contribution in [1.82, 2.24) is 4.98 Å². The van der Waals surface area contributed by atoms with E-state index >= 15 is 0 Å². The Morgan fingerprint density at radius 1 is 0.571 bits per heavy atom. The van der Waals surface area contributed by atoms with Crippen LogP contribution in [0.2, 0.25) is 0 Å². The van der Waals surface area contributed by atoms with Crippen LogP contribution in [0.15, 0.2) is 103 Å². The van der Waals surface area contributed by atoms with Crippen molar-refractivity contribution in [1.29, 1.82) is 0 Å². The van der Waals surface area contributed by atoms with E-state index in [1.807, 2.05) is 0 Å². The molecule has 0 fully saturated rings. The van der Waals surface area contributed by atoms with Gasteiger partial charge in [-0.05, 0) is 37.1 Å². The number of fused-ring (bicyclic) bond motifs is 2. The molecule has 1 aromatic heterocycles. The number of aryl methyl sites for hydroxylation is 1. The van der Waals surface area contributed by atoms with E-state index in [4.69, 9.17) is 4.98 Å². The number of rotatable bonds is 3. The summed E-state index contributed by atoms with van der Waals surface area (Å²) in [5.74, 6) is 0. The minimum absolute atomic E-state index is 0.673. The number of nitrogens with zero attached hydrogens (tertiary/aromatic N) is 1. The molecule has 4 aromatic carbocycles. The van der Waals surface area contributed by atoms with E-state index in [-0.39, 0.29) is 0 Å². The Bertz CT molecular complexity index is 1220. The fourth-order valence-electron chi connectivity index (χ4n) is 3.78. The smallest absolute Gasteiger partial charge is 0.0793 e. The van der Waals surface area contributed by atoms with Crippen LogP contribution in [0.4, 0.5) is 0 Å². The van der Waals surface area contributed by atoms with Crippen molar-refractivity contribution < 1.29 is 0 Å². The van der Waals surface area contributed by atoms with Crippen molar-refractivity contribution in [2.75, 3.05) is 0 Å². The summed E-state index contributed by atoms with van der Waals surface area (Å²) in [4.78, 5) is 5.17. The molecule has 0 bridgehead atoms. The molecule has 0 atom stereocenters. The summed E-state index contributed by atoms with van der Waals surface area (Å²) in [5, 5.41) is 6.42. The van der Waals surface area contributed by atoms with Gasteiger partial charge in [-0.2, -0.15) is 0 Å². The van der Waals surface area contributed by atoms with Crippen molar-refractivity contribution in [2.24, 2.45) is 0 Å². The summed E-state index contributed by atoms with van der Waals surface area (Å²) in [6.07, 6.45) is 0. The molecule has 0 aliphatic carbocycles. The highest BCUT2D eigenvalue weighted by molar-refractivity contribution is 7.80. The Hall–Kier alpha value is -3.02. The molecule has 28 heavy (non-hydrogen) atoms. The van der Waals surface area contributed by atoms with Gasteiger partial charge in [0.1, 0.15) is 0 Å². The monoisotopic (exact) mass is 377 g/mol. The first-order chi connectivity index (χ1) is 13.8. The lowest BCUT2D eigenvalue weighted by Crippen LogP contribution is -2.21. The van der Waals surface area contributed by atoms with Crippen molar-refractivity contribution in [3.05, 3.63) is 109 Å². The lowest BCUT2D eigenvalue weighted by Gasteiger charge is -2.21. The highest BCUT2D eigenvalue weighted by Gasteiger charge is 2.19. The lowest BCUT2D eigenvalue weighted by atomic mass is 10.1. The molecule has 0 saturated carbocycles. The van der Waals surface area contributed by atoms with Gasteiger partial charge in [-0.25, -0.2) is 4.98 Å². The predicted molar refractivity (Wildman–Crippen MR) is 123 cm³/mol. The van der Waals surface area contributed by atoms with E-state index in [9.17, 15) is 0 Å². The van der Waals surface area contributed by atoms with Crippen molar-refractivity contribution in [3.63, 3.8) is 0 Å². The number of aromatic nitrogens is 1. The first-order valence-corrected chi connectivity index (χ1v) is 10.8. The first-order valence-electron chi connectivity index (χ1n) is 9.50. The molecular weight excluding hydrogens is 357 g/mol. The standard InChI is InChI=1S/C26H20NP/c1-19-10-8-11-20-18-21-12-9-17-24(26(21)27-25(19)20)28(22-13-4-2-5-14-22)23-15-6-3-7-16-23/h2-18H,1H3. The first kappa shape index (κ1) is 17.1. The van der Waals surface area contributed by atoms with Crippen LogP contribution in [-0.2, 0) is 0 Å². The van der Waals surface area contributed by atoms with Crippen LogP contribution in [0.5, 0.6) is 0 Å². The van der Waals surface area contributed by atoms with Crippen LogP contribution in [0, 0.1) is 6.92 Å². The van der Waals surface area contributed by atoms with Gasteiger partial charge in [-0.15, -0.1) is 0 Å². The number of para-hydroxylation sites is 2.